The van der Waals surface area contributed by atoms with Crippen molar-refractivity contribution in [3.63, 3.8) is 0 Å². The Bertz CT molecular complexity index is 516. The van der Waals surface area contributed by atoms with Crippen LogP contribution < -0.4 is 0 Å². The van der Waals surface area contributed by atoms with Crippen LogP contribution in [0, 0.1) is 0 Å². The number of hydrogen-bond acceptors (Lipinski definition) is 0. The fourth-order valence-electron chi connectivity index (χ4n) is 2.03. The number of halogens is 4. The van der Waals surface area contributed by atoms with Gasteiger partial charge in [-0.25, -0.2) is 0 Å². The molecule has 106 valence electrons. The lowest BCUT2D eigenvalue weighted by atomic mass is 10.0. The molecule has 2 aromatic carbocycles. The molecule has 0 radical (unpaired) electrons. The SMILES string of the molecule is BrCc1cccc(C(Br)C(Br)c2cccc(CBr)c2)c1. The third-order valence-electron chi connectivity index (χ3n) is 3.10. The zero-order valence-electron chi connectivity index (χ0n) is 10.7. The van der Waals surface area contributed by atoms with Gasteiger partial charge in [-0.3, -0.25) is 0 Å². The summed E-state index contributed by atoms with van der Waals surface area (Å²) < 4.78 is 0. The van der Waals surface area contributed by atoms with Gasteiger partial charge < -0.3 is 0 Å². The van der Waals surface area contributed by atoms with Crippen molar-refractivity contribution in [2.75, 3.05) is 0 Å². The molecule has 0 spiro atoms. The van der Waals surface area contributed by atoms with Crippen molar-refractivity contribution in [1.82, 2.24) is 0 Å². The normalized spacial score (nSPS) is 14.0. The number of hydrogen-bond donors (Lipinski definition) is 0. The third kappa shape index (κ3) is 4.19. The second kappa shape index (κ2) is 8.11. The summed E-state index contributed by atoms with van der Waals surface area (Å²) in [7, 11) is 0. The standard InChI is InChI=1S/C16H14Br4/c17-9-11-3-1-5-13(7-11)15(19)16(20)14-6-2-4-12(8-14)10-18/h1-8,15-16H,9-10H2. The minimum absolute atomic E-state index is 0.243. The van der Waals surface area contributed by atoms with Gasteiger partial charge in [-0.1, -0.05) is 112 Å². The van der Waals surface area contributed by atoms with E-state index in [0.29, 0.717) is 0 Å². The van der Waals surface area contributed by atoms with Gasteiger partial charge in [-0.05, 0) is 22.3 Å². The van der Waals surface area contributed by atoms with E-state index in [1.165, 1.54) is 22.3 Å². The van der Waals surface area contributed by atoms with Crippen LogP contribution in [0.15, 0.2) is 48.5 Å². The molecule has 4 heteroatoms. The monoisotopic (exact) mass is 522 g/mol. The Balaban J connectivity index is 2.24. The summed E-state index contributed by atoms with van der Waals surface area (Å²) in [5.41, 5.74) is 5.16. The van der Waals surface area contributed by atoms with E-state index in [1.807, 2.05) is 0 Å². The Morgan fingerprint density at radius 1 is 0.700 bits per heavy atom. The Kier molecular flexibility index (Phi) is 6.79. The maximum atomic E-state index is 3.82. The molecule has 0 N–H and O–H groups in total. The summed E-state index contributed by atoms with van der Waals surface area (Å²) in [5.74, 6) is 0. The van der Waals surface area contributed by atoms with E-state index in [4.69, 9.17) is 0 Å². The number of benzene rings is 2. The van der Waals surface area contributed by atoms with Gasteiger partial charge in [0, 0.05) is 10.7 Å². The topological polar surface area (TPSA) is 0 Å². The minimum Gasteiger partial charge on any atom is -0.0876 e. The van der Waals surface area contributed by atoms with Crippen LogP contribution in [0.5, 0.6) is 0 Å². The highest BCUT2D eigenvalue weighted by Gasteiger charge is 2.20. The fourth-order valence-corrected chi connectivity index (χ4v) is 3.91. The molecule has 0 saturated carbocycles. The van der Waals surface area contributed by atoms with Crippen molar-refractivity contribution >= 4 is 63.7 Å². The zero-order valence-corrected chi connectivity index (χ0v) is 17.0. The molecule has 0 aliphatic rings. The van der Waals surface area contributed by atoms with Crippen LogP contribution in [-0.2, 0) is 10.7 Å². The van der Waals surface area contributed by atoms with Gasteiger partial charge in [0.2, 0.25) is 0 Å². The van der Waals surface area contributed by atoms with E-state index < -0.39 is 0 Å². The molecular weight excluding hydrogens is 512 g/mol. The first kappa shape index (κ1) is 16.7. The van der Waals surface area contributed by atoms with Crippen molar-refractivity contribution in [2.45, 2.75) is 20.3 Å². The molecule has 2 unspecified atom stereocenters. The van der Waals surface area contributed by atoms with E-state index in [2.05, 4.69) is 112 Å². The average Bonchev–Trinajstić information content (AvgIpc) is 2.53. The van der Waals surface area contributed by atoms with E-state index in [0.717, 1.165) is 10.7 Å². The maximum Gasteiger partial charge on any atom is 0.0561 e. The smallest absolute Gasteiger partial charge is 0.0561 e. The lowest BCUT2D eigenvalue weighted by Crippen LogP contribution is -2.00. The van der Waals surface area contributed by atoms with Crippen LogP contribution in [0.2, 0.25) is 0 Å². The van der Waals surface area contributed by atoms with Crippen LogP contribution in [0.1, 0.15) is 31.9 Å². The van der Waals surface area contributed by atoms with E-state index in [-0.39, 0.29) is 9.65 Å². The summed E-state index contributed by atoms with van der Waals surface area (Å²) in [6, 6.07) is 17.3. The molecule has 0 saturated heterocycles. The fraction of sp³-hybridized carbons (Fsp3) is 0.250. The highest BCUT2D eigenvalue weighted by Crippen LogP contribution is 2.42. The van der Waals surface area contributed by atoms with Gasteiger partial charge in [0.1, 0.15) is 0 Å². The highest BCUT2D eigenvalue weighted by molar-refractivity contribution is 9.12. The van der Waals surface area contributed by atoms with Crippen molar-refractivity contribution < 1.29 is 0 Å². The molecule has 0 bridgehead atoms. The van der Waals surface area contributed by atoms with Gasteiger partial charge in [-0.2, -0.15) is 0 Å². The summed E-state index contributed by atoms with van der Waals surface area (Å²) in [6.45, 7) is 0. The molecule has 2 aromatic rings. The summed E-state index contributed by atoms with van der Waals surface area (Å²) in [4.78, 5) is 0.485. The number of alkyl halides is 4. The van der Waals surface area contributed by atoms with Crippen molar-refractivity contribution in [3.8, 4) is 0 Å². The first-order valence-electron chi connectivity index (χ1n) is 6.23. The summed E-state index contributed by atoms with van der Waals surface area (Å²) in [6.07, 6.45) is 0. The quantitative estimate of drug-likeness (QED) is 0.367. The average molecular weight is 526 g/mol. The van der Waals surface area contributed by atoms with Gasteiger partial charge in [-0.15, -0.1) is 0 Å². The lowest BCUT2D eigenvalue weighted by molar-refractivity contribution is 0.933. The van der Waals surface area contributed by atoms with Crippen LogP contribution >= 0.6 is 63.7 Å². The van der Waals surface area contributed by atoms with Crippen LogP contribution in [0.25, 0.3) is 0 Å². The van der Waals surface area contributed by atoms with Crippen LogP contribution in [-0.4, -0.2) is 0 Å². The van der Waals surface area contributed by atoms with E-state index in [9.17, 15) is 0 Å². The number of rotatable bonds is 5. The van der Waals surface area contributed by atoms with Crippen LogP contribution in [0.4, 0.5) is 0 Å². The summed E-state index contributed by atoms with van der Waals surface area (Å²) in [5, 5.41) is 1.76. The largest absolute Gasteiger partial charge is 0.0876 e. The molecule has 0 aliphatic carbocycles. The zero-order chi connectivity index (χ0) is 14.5. The molecule has 0 nitrogen and oxygen atoms in total. The van der Waals surface area contributed by atoms with Gasteiger partial charge >= 0.3 is 0 Å². The van der Waals surface area contributed by atoms with Gasteiger partial charge in [0.05, 0.1) is 9.65 Å². The molecule has 0 fully saturated rings. The Morgan fingerprint density at radius 2 is 1.10 bits per heavy atom. The first-order chi connectivity index (χ1) is 9.65. The lowest BCUT2D eigenvalue weighted by Gasteiger charge is -2.19. The summed E-state index contributed by atoms with van der Waals surface area (Å²) >= 11 is 14.7. The predicted octanol–water partition coefficient (Wildman–Crippen LogP) is 7.05. The molecule has 20 heavy (non-hydrogen) atoms. The second-order valence-electron chi connectivity index (χ2n) is 4.56. The maximum absolute atomic E-state index is 3.82. The molecule has 2 atom stereocenters. The van der Waals surface area contributed by atoms with Gasteiger partial charge in [0.15, 0.2) is 0 Å². The molecule has 0 aliphatic heterocycles. The van der Waals surface area contributed by atoms with E-state index in [1.54, 1.807) is 0 Å². The van der Waals surface area contributed by atoms with Crippen molar-refractivity contribution in [2.24, 2.45) is 0 Å². The molecule has 2 rings (SSSR count). The third-order valence-corrected chi connectivity index (χ3v) is 7.22. The van der Waals surface area contributed by atoms with Gasteiger partial charge in [0.25, 0.3) is 0 Å². The second-order valence-corrected chi connectivity index (χ2v) is 7.66. The van der Waals surface area contributed by atoms with Crippen molar-refractivity contribution in [1.29, 1.82) is 0 Å². The molecule has 0 heterocycles. The van der Waals surface area contributed by atoms with Crippen molar-refractivity contribution in [3.05, 3.63) is 70.8 Å². The van der Waals surface area contributed by atoms with E-state index >= 15 is 0 Å². The Morgan fingerprint density at radius 3 is 1.45 bits per heavy atom. The minimum atomic E-state index is 0.243. The highest BCUT2D eigenvalue weighted by atomic mass is 79.9. The predicted molar refractivity (Wildman–Crippen MR) is 101 cm³/mol. The Hall–Kier alpha value is 0.360. The molecule has 0 amide bonds. The van der Waals surface area contributed by atoms with Crippen LogP contribution in [0.3, 0.4) is 0 Å². The first-order valence-corrected chi connectivity index (χ1v) is 10.3. The molecule has 0 aromatic heterocycles. The Labute approximate surface area is 153 Å². The molecular formula is C16H14Br4.